The molecule has 2 aromatic carbocycles. The number of hydrogen-bond acceptors (Lipinski definition) is 5. The first kappa shape index (κ1) is 27.7. The van der Waals surface area contributed by atoms with Gasteiger partial charge in [-0.25, -0.2) is 4.68 Å². The summed E-state index contributed by atoms with van der Waals surface area (Å²) >= 11 is 0. The van der Waals surface area contributed by atoms with Crippen molar-refractivity contribution in [3.8, 4) is 11.4 Å². The van der Waals surface area contributed by atoms with Crippen molar-refractivity contribution >= 4 is 11.7 Å². The molecule has 7 nitrogen and oxygen atoms in total. The molecule has 0 atom stereocenters. The van der Waals surface area contributed by atoms with Gasteiger partial charge in [-0.1, -0.05) is 45.4 Å². The van der Waals surface area contributed by atoms with Crippen molar-refractivity contribution in [3.63, 3.8) is 0 Å². The van der Waals surface area contributed by atoms with Crippen LogP contribution in [0.5, 0.6) is 5.75 Å². The van der Waals surface area contributed by atoms with Crippen LogP contribution >= 0.6 is 0 Å². The lowest BCUT2D eigenvalue weighted by Gasteiger charge is -2.35. The van der Waals surface area contributed by atoms with E-state index in [0.717, 1.165) is 67.5 Å². The van der Waals surface area contributed by atoms with Gasteiger partial charge in [0, 0.05) is 43.9 Å². The van der Waals surface area contributed by atoms with E-state index < -0.39 is 0 Å². The summed E-state index contributed by atoms with van der Waals surface area (Å²) in [6.45, 7) is 14.3. The molecule has 0 unspecified atom stereocenters. The Morgan fingerprint density at radius 2 is 1.71 bits per heavy atom. The Hall–Kier alpha value is -3.32. The first-order valence-electron chi connectivity index (χ1n) is 14.0. The highest BCUT2D eigenvalue weighted by atomic mass is 16.5. The normalized spacial score (nSPS) is 14.2. The minimum Gasteiger partial charge on any atom is -0.494 e. The molecule has 1 aliphatic heterocycles. The fourth-order valence-electron chi connectivity index (χ4n) is 4.89. The molecular weight excluding hydrogens is 474 g/mol. The molecule has 0 N–H and O–H groups in total. The Kier molecular flexibility index (Phi) is 9.45. The standard InChI is InChI=1S/C31H43N5O2/c1-6-7-21-38-28-15-13-26(14-16-28)31(37)35(22-24(2)3)23-29-25(4)32-36(27-11-9-8-10-12-27)30(29)34-19-17-33(5)18-20-34/h8-16,24H,6-7,17-23H2,1-5H3. The summed E-state index contributed by atoms with van der Waals surface area (Å²) in [5.74, 6) is 2.29. The number of piperazine rings is 1. The molecule has 38 heavy (non-hydrogen) atoms. The molecule has 0 saturated carbocycles. The zero-order valence-corrected chi connectivity index (χ0v) is 23.7. The third-order valence-electron chi connectivity index (χ3n) is 7.05. The molecule has 3 aromatic rings. The number of amides is 1. The molecular formula is C31H43N5O2. The third kappa shape index (κ3) is 6.76. The highest BCUT2D eigenvalue weighted by Crippen LogP contribution is 2.30. The second kappa shape index (κ2) is 13.0. The molecule has 204 valence electrons. The lowest BCUT2D eigenvalue weighted by atomic mass is 10.1. The predicted molar refractivity (Wildman–Crippen MR) is 154 cm³/mol. The average molecular weight is 518 g/mol. The Labute approximate surface area is 228 Å². The number of likely N-dealkylation sites (N-methyl/N-ethyl adjacent to an activating group) is 1. The van der Waals surface area contributed by atoms with E-state index in [-0.39, 0.29) is 5.91 Å². The van der Waals surface area contributed by atoms with Crippen LogP contribution in [-0.2, 0) is 6.54 Å². The Balaban J connectivity index is 1.65. The molecule has 0 radical (unpaired) electrons. The number of nitrogens with zero attached hydrogens (tertiary/aromatic N) is 5. The Morgan fingerprint density at radius 1 is 1.03 bits per heavy atom. The molecule has 2 heterocycles. The summed E-state index contributed by atoms with van der Waals surface area (Å²) in [7, 11) is 2.17. The zero-order chi connectivity index (χ0) is 27.1. The van der Waals surface area contributed by atoms with Crippen LogP contribution in [0, 0.1) is 12.8 Å². The smallest absolute Gasteiger partial charge is 0.254 e. The molecule has 7 heteroatoms. The summed E-state index contributed by atoms with van der Waals surface area (Å²) in [5, 5.41) is 4.99. The van der Waals surface area contributed by atoms with E-state index in [1.165, 1.54) is 0 Å². The maximum absolute atomic E-state index is 13.8. The second-order valence-corrected chi connectivity index (χ2v) is 10.7. The number of rotatable bonds is 11. The number of ether oxygens (including phenoxy) is 1. The maximum atomic E-state index is 13.8. The van der Waals surface area contributed by atoms with E-state index in [0.29, 0.717) is 31.2 Å². The summed E-state index contributed by atoms with van der Waals surface area (Å²) in [5.41, 5.74) is 3.80. The van der Waals surface area contributed by atoms with Crippen LogP contribution < -0.4 is 9.64 Å². The van der Waals surface area contributed by atoms with E-state index in [9.17, 15) is 4.79 Å². The number of anilines is 1. The summed E-state index contributed by atoms with van der Waals surface area (Å²) in [4.78, 5) is 20.6. The van der Waals surface area contributed by atoms with Gasteiger partial charge in [-0.2, -0.15) is 5.10 Å². The van der Waals surface area contributed by atoms with Crippen molar-refractivity contribution in [3.05, 3.63) is 71.4 Å². The van der Waals surface area contributed by atoms with Crippen LogP contribution in [0.15, 0.2) is 54.6 Å². The van der Waals surface area contributed by atoms with Crippen molar-refractivity contribution in [2.45, 2.75) is 47.1 Å². The lowest BCUT2D eigenvalue weighted by molar-refractivity contribution is 0.0722. The number of benzene rings is 2. The third-order valence-corrected chi connectivity index (χ3v) is 7.05. The Bertz CT molecular complexity index is 1160. The number of carbonyl (C=O) groups is 1. The van der Waals surface area contributed by atoms with Crippen LogP contribution in [0.4, 0.5) is 5.82 Å². The topological polar surface area (TPSA) is 53.8 Å². The van der Waals surface area contributed by atoms with Gasteiger partial charge >= 0.3 is 0 Å². The van der Waals surface area contributed by atoms with Gasteiger partial charge in [-0.15, -0.1) is 0 Å². The maximum Gasteiger partial charge on any atom is 0.254 e. The van der Waals surface area contributed by atoms with Crippen LogP contribution in [-0.4, -0.2) is 71.9 Å². The quantitative estimate of drug-likeness (QED) is 0.318. The molecule has 1 amide bonds. The predicted octanol–water partition coefficient (Wildman–Crippen LogP) is 5.41. The van der Waals surface area contributed by atoms with E-state index in [1.54, 1.807) is 0 Å². The van der Waals surface area contributed by atoms with E-state index >= 15 is 0 Å². The number of carbonyl (C=O) groups excluding carboxylic acids is 1. The number of para-hydroxylation sites is 1. The highest BCUT2D eigenvalue weighted by Gasteiger charge is 2.28. The van der Waals surface area contributed by atoms with Gasteiger partial charge in [-0.05, 0) is 62.7 Å². The molecule has 1 fully saturated rings. The monoisotopic (exact) mass is 517 g/mol. The SMILES string of the molecule is CCCCOc1ccc(C(=O)N(Cc2c(C)nn(-c3ccccc3)c2N2CCN(C)CC2)CC(C)C)cc1. The molecule has 0 aliphatic carbocycles. The number of hydrogen-bond donors (Lipinski definition) is 0. The van der Waals surface area contributed by atoms with Gasteiger partial charge < -0.3 is 19.4 Å². The Morgan fingerprint density at radius 3 is 2.34 bits per heavy atom. The van der Waals surface area contributed by atoms with Gasteiger partial charge in [0.15, 0.2) is 0 Å². The summed E-state index contributed by atoms with van der Waals surface area (Å²) in [6, 6.07) is 17.9. The molecule has 0 spiro atoms. The fourth-order valence-corrected chi connectivity index (χ4v) is 4.89. The van der Waals surface area contributed by atoms with Crippen molar-refractivity contribution < 1.29 is 9.53 Å². The summed E-state index contributed by atoms with van der Waals surface area (Å²) < 4.78 is 7.87. The fraction of sp³-hybridized carbons (Fsp3) is 0.484. The highest BCUT2D eigenvalue weighted by molar-refractivity contribution is 5.94. The molecule has 1 aromatic heterocycles. The van der Waals surface area contributed by atoms with Gasteiger partial charge in [0.05, 0.1) is 24.5 Å². The second-order valence-electron chi connectivity index (χ2n) is 10.7. The van der Waals surface area contributed by atoms with Crippen LogP contribution in [0.2, 0.25) is 0 Å². The van der Waals surface area contributed by atoms with Crippen molar-refractivity contribution in [1.29, 1.82) is 0 Å². The average Bonchev–Trinajstić information content (AvgIpc) is 3.25. The first-order chi connectivity index (χ1) is 18.4. The number of aromatic nitrogens is 2. The van der Waals surface area contributed by atoms with Crippen LogP contribution in [0.1, 0.15) is 55.2 Å². The van der Waals surface area contributed by atoms with E-state index in [2.05, 4.69) is 61.4 Å². The van der Waals surface area contributed by atoms with Gasteiger partial charge in [0.25, 0.3) is 5.91 Å². The van der Waals surface area contributed by atoms with Crippen LogP contribution in [0.25, 0.3) is 5.69 Å². The molecule has 1 aliphatic rings. The minimum absolute atomic E-state index is 0.0370. The van der Waals surface area contributed by atoms with Crippen LogP contribution in [0.3, 0.4) is 0 Å². The molecule has 1 saturated heterocycles. The number of unbranched alkanes of at least 4 members (excludes halogenated alkanes) is 1. The summed E-state index contributed by atoms with van der Waals surface area (Å²) in [6.07, 6.45) is 2.12. The van der Waals surface area contributed by atoms with Gasteiger partial charge in [0.1, 0.15) is 11.6 Å². The van der Waals surface area contributed by atoms with Gasteiger partial charge in [0.2, 0.25) is 0 Å². The van der Waals surface area contributed by atoms with Gasteiger partial charge in [-0.3, -0.25) is 4.79 Å². The minimum atomic E-state index is 0.0370. The number of aryl methyl sites for hydroxylation is 1. The van der Waals surface area contributed by atoms with Crippen molar-refractivity contribution in [1.82, 2.24) is 19.6 Å². The van der Waals surface area contributed by atoms with E-state index in [4.69, 9.17) is 9.84 Å². The van der Waals surface area contributed by atoms with Crippen molar-refractivity contribution in [2.24, 2.45) is 5.92 Å². The van der Waals surface area contributed by atoms with E-state index in [1.807, 2.05) is 47.4 Å². The first-order valence-corrected chi connectivity index (χ1v) is 14.0. The molecule has 4 rings (SSSR count). The largest absolute Gasteiger partial charge is 0.494 e. The lowest BCUT2D eigenvalue weighted by Crippen LogP contribution is -2.45. The zero-order valence-electron chi connectivity index (χ0n) is 23.7. The molecule has 0 bridgehead atoms. The van der Waals surface area contributed by atoms with Crippen molar-refractivity contribution in [2.75, 3.05) is 51.3 Å².